The third kappa shape index (κ3) is 15.6. The highest BCUT2D eigenvalue weighted by Crippen LogP contribution is 2.79. The fourth-order valence-electron chi connectivity index (χ4n) is 12.2. The van der Waals surface area contributed by atoms with Gasteiger partial charge < -0.3 is 20.0 Å². The molecule has 4 aliphatic carbocycles. The lowest BCUT2D eigenvalue weighted by Gasteiger charge is -2.72. The number of allylic oxidation sites excluding steroid dienone is 1. The van der Waals surface area contributed by atoms with Crippen molar-refractivity contribution in [1.29, 1.82) is 0 Å². The molecule has 0 spiro atoms. The summed E-state index contributed by atoms with van der Waals surface area (Å²) in [6.45, 7) is 13.2. The van der Waals surface area contributed by atoms with Crippen LogP contribution >= 0.6 is 11.8 Å². The number of carbonyl (C=O) groups excluding carboxylic acids is 1. The lowest BCUT2D eigenvalue weighted by atomic mass is 9.32. The summed E-state index contributed by atoms with van der Waals surface area (Å²) >= 11 is 1.45. The number of sulfone groups is 1. The Bertz CT molecular complexity index is 2930. The summed E-state index contributed by atoms with van der Waals surface area (Å²) in [7, 11) is -14.4. The molecule has 3 saturated carbocycles. The second-order valence-corrected chi connectivity index (χ2v) is 29.7. The van der Waals surface area contributed by atoms with E-state index in [0.29, 0.717) is 63.6 Å². The lowest BCUT2D eigenvalue weighted by molar-refractivity contribution is -0.250. The van der Waals surface area contributed by atoms with Crippen LogP contribution in [-0.2, 0) is 34.2 Å². The van der Waals surface area contributed by atoms with Crippen molar-refractivity contribution < 1.29 is 56.2 Å². The quantitative estimate of drug-likeness (QED) is 0.0244. The number of benzene rings is 3. The fourth-order valence-corrected chi connectivity index (χ4v) is 15.6. The van der Waals surface area contributed by atoms with Crippen LogP contribution in [-0.4, -0.2) is 154 Å². The first-order chi connectivity index (χ1) is 37.3. The Balaban J connectivity index is 0.860. The van der Waals surface area contributed by atoms with Gasteiger partial charge in [-0.1, -0.05) is 68.9 Å². The molecular weight excluding hydrogens is 1110 g/mol. The summed E-state index contributed by atoms with van der Waals surface area (Å²) in [6.07, 6.45) is 9.72. The van der Waals surface area contributed by atoms with Crippen molar-refractivity contribution in [2.24, 2.45) is 16.2 Å². The minimum atomic E-state index is -6.11. The van der Waals surface area contributed by atoms with Gasteiger partial charge in [-0.2, -0.15) is 21.6 Å². The van der Waals surface area contributed by atoms with Crippen LogP contribution in [0.3, 0.4) is 0 Å². The molecule has 23 heteroatoms. The molecule has 3 aromatic carbocycles. The highest BCUT2D eigenvalue weighted by atomic mass is 32.2. The van der Waals surface area contributed by atoms with Gasteiger partial charge in [0, 0.05) is 98.8 Å². The Labute approximate surface area is 468 Å². The van der Waals surface area contributed by atoms with E-state index < -0.39 is 74.8 Å². The van der Waals surface area contributed by atoms with E-state index in [9.17, 15) is 52.0 Å². The molecule has 1 atom stereocenters. The molecule has 0 radical (unpaired) electrons. The summed E-state index contributed by atoms with van der Waals surface area (Å²) in [5, 5.41) is 3.04. The summed E-state index contributed by atoms with van der Waals surface area (Å²) in [5.74, 6) is -0.705. The molecule has 1 amide bonds. The maximum Gasteiger partial charge on any atom is 0.501 e. The van der Waals surface area contributed by atoms with Crippen LogP contribution < -0.4 is 14.9 Å². The lowest BCUT2D eigenvalue weighted by Crippen LogP contribution is -2.66. The minimum absolute atomic E-state index is 0.0325. The molecule has 79 heavy (non-hydrogen) atoms. The van der Waals surface area contributed by atoms with Crippen molar-refractivity contribution in [3.05, 3.63) is 89.5 Å². The predicted octanol–water partition coefficient (Wildman–Crippen LogP) is 10.1. The average Bonchev–Trinajstić information content (AvgIpc) is 1.79. The average molecular weight is 1190 g/mol. The van der Waals surface area contributed by atoms with Crippen molar-refractivity contribution in [3.63, 3.8) is 0 Å². The van der Waals surface area contributed by atoms with Crippen LogP contribution in [0.4, 0.5) is 33.3 Å². The predicted molar refractivity (Wildman–Crippen MR) is 299 cm³/mol. The minimum Gasteiger partial charge on any atom is -0.380 e. The molecule has 14 nitrogen and oxygen atoms in total. The number of piperazine rings is 2. The number of nitrogens with one attached hydrogen (secondary N) is 2. The number of nitrogens with zero attached hydrogens (tertiary/aromatic N) is 4. The number of unbranched alkanes of at least 4 members (excludes halogenated alkanes) is 5. The molecular formula is C56H77F5N6O8S4. The Morgan fingerprint density at radius 3 is 1.99 bits per heavy atom. The van der Waals surface area contributed by atoms with Crippen LogP contribution in [0.25, 0.3) is 0 Å². The summed E-state index contributed by atoms with van der Waals surface area (Å²) in [4.78, 5) is 21.5. The van der Waals surface area contributed by atoms with Gasteiger partial charge in [0.25, 0.3) is 35.9 Å². The molecule has 3 aromatic rings. The van der Waals surface area contributed by atoms with E-state index in [1.807, 2.05) is 35.1 Å². The third-order valence-corrected chi connectivity index (χ3v) is 21.3. The van der Waals surface area contributed by atoms with Crippen molar-refractivity contribution in [3.8, 4) is 0 Å². The number of thioether (sulfide) groups is 1. The van der Waals surface area contributed by atoms with E-state index in [1.165, 1.54) is 35.0 Å². The second-order valence-electron chi connectivity index (χ2n) is 23.3. The summed E-state index contributed by atoms with van der Waals surface area (Å²) in [6, 6.07) is 17.6. The molecule has 438 valence electrons. The zero-order chi connectivity index (χ0) is 56.9. The van der Waals surface area contributed by atoms with E-state index in [2.05, 4.69) is 38.8 Å². The largest absolute Gasteiger partial charge is 0.501 e. The van der Waals surface area contributed by atoms with Crippen molar-refractivity contribution in [1.82, 2.24) is 19.4 Å². The number of amides is 1. The Morgan fingerprint density at radius 1 is 0.759 bits per heavy atom. The number of hydrogen-bond acceptors (Lipinski definition) is 14. The highest BCUT2D eigenvalue weighted by molar-refractivity contribution is 7.99. The topological polar surface area (TPSA) is 166 Å². The van der Waals surface area contributed by atoms with Crippen LogP contribution in [0.1, 0.15) is 108 Å². The molecule has 2 aliphatic heterocycles. The van der Waals surface area contributed by atoms with Gasteiger partial charge in [-0.05, 0) is 130 Å². The van der Waals surface area contributed by atoms with Crippen LogP contribution in [0.2, 0.25) is 0 Å². The van der Waals surface area contributed by atoms with Crippen LogP contribution in [0, 0.1) is 16.2 Å². The molecule has 0 unspecified atom stereocenters. The van der Waals surface area contributed by atoms with Crippen molar-refractivity contribution in [2.75, 3.05) is 101 Å². The molecule has 5 fully saturated rings. The molecule has 2 bridgehead atoms. The summed E-state index contributed by atoms with van der Waals surface area (Å²) in [5.41, 5.74) is -3.28. The van der Waals surface area contributed by atoms with E-state index in [1.54, 1.807) is 12.1 Å². The first-order valence-electron chi connectivity index (χ1n) is 27.6. The monoisotopic (exact) mass is 1180 g/mol. The zero-order valence-corrected chi connectivity index (χ0v) is 48.8. The number of carbonyl (C=O) groups is 1. The molecule has 2 heterocycles. The summed E-state index contributed by atoms with van der Waals surface area (Å²) < 4.78 is 154. The van der Waals surface area contributed by atoms with Crippen molar-refractivity contribution >= 4 is 59.0 Å². The Hall–Kier alpha value is -3.84. The number of rotatable bonds is 27. The molecule has 2 N–H and O–H groups in total. The van der Waals surface area contributed by atoms with Crippen molar-refractivity contribution in [2.45, 2.75) is 130 Å². The Morgan fingerprint density at radius 2 is 1.37 bits per heavy atom. The second kappa shape index (κ2) is 25.3. The van der Waals surface area contributed by atoms with E-state index in [4.69, 9.17) is 4.18 Å². The molecule has 0 aromatic heterocycles. The van der Waals surface area contributed by atoms with E-state index >= 15 is 0 Å². The fraction of sp³-hybridized carbons (Fsp3) is 0.625. The van der Waals surface area contributed by atoms with Gasteiger partial charge in [0.05, 0.1) is 23.4 Å². The number of sulfonamides is 1. The van der Waals surface area contributed by atoms with Crippen LogP contribution in [0.5, 0.6) is 0 Å². The maximum absolute atomic E-state index is 14.4. The van der Waals surface area contributed by atoms with Crippen LogP contribution in [0.15, 0.2) is 98.6 Å². The Kier molecular flexibility index (Phi) is 19.6. The molecule has 6 aliphatic rings. The molecule has 2 saturated heterocycles. The number of anilines is 2. The maximum atomic E-state index is 14.4. The van der Waals surface area contributed by atoms with Gasteiger partial charge in [0.15, 0.2) is 0 Å². The standard InChI is InChI=1S/C56H77F5N6O8S4/c1-53(2)23-21-43(48(36-53)54-39-55(40-54,41-54)52(57)58)37-66-30-32-67(33-31-66)45-17-15-42(16-18-45)51(68)63-79(73,74)47-19-20-49(50(35-47)78(71,72)56(59,60)61)62-44(38-76-46-13-9-8-10-14-46)22-25-65-28-26-64(27-29-65)24-11-6-4-5-7-12-34-75-77(3,69)70/h8-10,13-20,35,44,52,62H,4-7,11-12,21-34,36-41H2,1-3H3,(H,63,68)/t44-,54?,55?/m1/s1. The first-order valence-corrected chi connectivity index (χ1v) is 33.4. The van der Waals surface area contributed by atoms with Gasteiger partial charge in [-0.25, -0.2) is 30.3 Å². The number of halogens is 5. The molecule has 9 rings (SSSR count). The first kappa shape index (κ1) is 61.2. The SMILES string of the molecule is CC1(C)CCC(CN2CCN(c3ccc(C(=O)NS(=O)(=O)c4ccc(N[C@H](CCN5CCN(CCCCCCCCOS(C)(=O)=O)CC5)CSc5ccccc5)c(S(=O)(=O)C(F)(F)F)c4)cc3)CC2)=C(C23CC(C(F)F)(C2)C3)C1. The van der Waals surface area contributed by atoms with Gasteiger partial charge in [0.2, 0.25) is 6.43 Å². The number of hydrogen-bond donors (Lipinski definition) is 2. The van der Waals surface area contributed by atoms with Gasteiger partial charge in [-0.15, -0.1) is 11.8 Å². The number of alkyl halides is 5. The van der Waals surface area contributed by atoms with E-state index in [-0.39, 0.29) is 23.0 Å². The third-order valence-electron chi connectivity index (χ3n) is 16.7. The van der Waals surface area contributed by atoms with Gasteiger partial charge >= 0.3 is 5.51 Å². The zero-order valence-electron chi connectivity index (χ0n) is 45.5. The smallest absolute Gasteiger partial charge is 0.380 e. The highest BCUT2D eigenvalue weighted by Gasteiger charge is 2.73. The van der Waals surface area contributed by atoms with E-state index in [0.717, 1.165) is 133 Å². The normalized spacial score (nSPS) is 22.8. The van der Waals surface area contributed by atoms with Gasteiger partial charge in [-0.3, -0.25) is 13.9 Å². The van der Waals surface area contributed by atoms with Gasteiger partial charge in [0.1, 0.15) is 4.90 Å².